The number of nitrogens with zero attached hydrogens (tertiary/aromatic N) is 9. The van der Waals surface area contributed by atoms with Crippen molar-refractivity contribution in [3.05, 3.63) is 194 Å². The van der Waals surface area contributed by atoms with Gasteiger partial charge in [0.25, 0.3) is 5.91 Å². The summed E-state index contributed by atoms with van der Waals surface area (Å²) in [5.41, 5.74) is 17.3. The molecule has 0 spiro atoms. The van der Waals surface area contributed by atoms with Gasteiger partial charge in [-0.3, -0.25) is 33.6 Å². The fourth-order valence-corrected chi connectivity index (χ4v) is 17.4. The van der Waals surface area contributed by atoms with Crippen LogP contribution < -0.4 is 0 Å². The van der Waals surface area contributed by atoms with E-state index in [2.05, 4.69) is 49.5 Å². The number of amides is 4. The number of Topliss-reactive ketones (excluding diaryl/α,β-unsaturated/α-hetero) is 3. The van der Waals surface area contributed by atoms with Crippen molar-refractivity contribution in [3.63, 3.8) is 0 Å². The Labute approximate surface area is 635 Å². The quantitative estimate of drug-likeness (QED) is 0.0462. The molecule has 9 aromatic rings. The van der Waals surface area contributed by atoms with Crippen molar-refractivity contribution in [1.29, 1.82) is 0 Å². The topological polar surface area (TPSA) is 304 Å². The molecule has 4 aromatic carbocycles. The third kappa shape index (κ3) is 18.2. The number of aliphatic hydroxyl groups is 4. The first-order chi connectivity index (χ1) is 51.1. The standard InChI is InChI=1S/C30H33N3O5S.C27H33N3O4S.C25H29N3O4S/c1-17(2)25(32-14-21-6-4-5-7-22(21)29(32)37)30(38)33-15-24(35)27(36)26(33)23(34)13-10-19-8-11-20(12-9-19)28-18(3)31-16-39-28;1-16-12-23(34-29-16)24(27(3,4)5)26(33)30-14-20(31)13-21(30)22(32)11-8-18-6-9-19(10-7-18)25-17(2)28-15-35-25;1-4-20(23-11-15(2)27-32-23)25(31)28-13-19(29)12-21(28)22(30)10-7-17-5-8-18(9-6-17)24-16(3)26-14-33-24/h4-9,11-12,16-17,24-27,35-36H,10,13-15H2,1-3H3;6-7,9-10,12,15,20-21,24,31H,8,11,13-14H2,1-5H3;5-6,8-9,11,14,19-21,29H,4,7,10,12-13H2,1-3H3/t24-,25-,26+,27-;20-,21+,24-;19-,20-,21+/m011/s1. The fourth-order valence-electron chi connectivity index (χ4n) is 14.9. The van der Waals surface area contributed by atoms with Gasteiger partial charge in [-0.05, 0) is 117 Å². The minimum absolute atomic E-state index is 0.0223. The summed E-state index contributed by atoms with van der Waals surface area (Å²) >= 11 is 4.80. The molecule has 564 valence electrons. The minimum Gasteiger partial charge on any atom is -0.391 e. The second kappa shape index (κ2) is 34.4. The van der Waals surface area contributed by atoms with E-state index in [1.807, 2.05) is 146 Å². The lowest BCUT2D eigenvalue weighted by atomic mass is 9.78. The van der Waals surface area contributed by atoms with E-state index in [4.69, 9.17) is 9.05 Å². The van der Waals surface area contributed by atoms with Crippen LogP contribution in [0.2, 0.25) is 0 Å². The number of hydrogen-bond acceptors (Lipinski definition) is 21. The number of β-amino-alcohol motifs (C(OH)–C–C–N with tert-alkyl or cyclic N) is 3. The van der Waals surface area contributed by atoms with Gasteiger partial charge in [-0.25, -0.2) is 15.0 Å². The molecule has 0 aliphatic carbocycles. The van der Waals surface area contributed by atoms with Crippen molar-refractivity contribution in [2.24, 2.45) is 11.3 Å². The van der Waals surface area contributed by atoms with Crippen LogP contribution in [0.4, 0.5) is 0 Å². The molecule has 0 bridgehead atoms. The predicted octanol–water partition coefficient (Wildman–Crippen LogP) is 12.0. The van der Waals surface area contributed by atoms with Crippen LogP contribution in [-0.4, -0.2) is 174 Å². The van der Waals surface area contributed by atoms with Crippen LogP contribution in [0.3, 0.4) is 0 Å². The van der Waals surface area contributed by atoms with E-state index in [1.54, 1.807) is 75.0 Å². The number of ketones is 3. The predicted molar refractivity (Wildman–Crippen MR) is 409 cm³/mol. The molecule has 25 heteroatoms. The molecule has 107 heavy (non-hydrogen) atoms. The Morgan fingerprint density at radius 2 is 0.981 bits per heavy atom. The van der Waals surface area contributed by atoms with Crippen molar-refractivity contribution >= 4 is 75.0 Å². The molecule has 4 aliphatic rings. The third-order valence-electron chi connectivity index (χ3n) is 20.6. The highest BCUT2D eigenvalue weighted by Crippen LogP contribution is 2.40. The average molecular weight is 1510 g/mol. The molecule has 5 aromatic heterocycles. The Bertz CT molecular complexity index is 4610. The lowest BCUT2D eigenvalue weighted by molar-refractivity contribution is -0.144. The Balaban J connectivity index is 0.000000161. The van der Waals surface area contributed by atoms with Gasteiger partial charge in [0.1, 0.15) is 35.6 Å². The molecule has 4 aliphatic heterocycles. The Kier molecular flexibility index (Phi) is 25.4. The second-order valence-electron chi connectivity index (χ2n) is 29.9. The molecule has 3 saturated heterocycles. The first-order valence-electron chi connectivity index (χ1n) is 36.5. The Morgan fingerprint density at radius 1 is 0.551 bits per heavy atom. The molecule has 0 radical (unpaired) electrons. The fraction of sp³-hybridized carbons (Fsp3) is 0.439. The molecule has 9 heterocycles. The summed E-state index contributed by atoms with van der Waals surface area (Å²) in [6.07, 6.45) is -0.597. The molecule has 0 saturated carbocycles. The number of benzene rings is 4. The van der Waals surface area contributed by atoms with Crippen LogP contribution in [0.15, 0.2) is 135 Å². The molecule has 0 unspecified atom stereocenters. The van der Waals surface area contributed by atoms with E-state index in [0.717, 1.165) is 70.7 Å². The molecule has 10 atom stereocenters. The SMILES string of the molecule is CC[C@@H](C(=O)N1C[C@H](O)C[C@H]1C(=O)CCc1ccc(-c2scnc2C)cc1)c1cc(C)no1.Cc1cc([C@H](C(=O)N2C[C@H](O)C[C@H]2C(=O)CCc2ccc(-c3scnc3C)cc2)C(C)(C)C)on1.Cc1ncsc1-c1ccc(CCC(=O)[C@@H]2[C@@H](O)[C@@H](O)CN2C(=O)[C@H](C(C)C)N2Cc3ccccc3C2=O)cc1. The monoisotopic (exact) mass is 1510 g/mol. The second-order valence-corrected chi connectivity index (χ2v) is 32.4. The van der Waals surface area contributed by atoms with Gasteiger partial charge in [-0.2, -0.15) is 0 Å². The number of aryl methyl sites for hydroxylation is 8. The summed E-state index contributed by atoms with van der Waals surface area (Å²) in [7, 11) is 0. The molecule has 3 fully saturated rings. The zero-order valence-corrected chi connectivity index (χ0v) is 64.8. The van der Waals surface area contributed by atoms with Crippen LogP contribution in [0, 0.1) is 46.0 Å². The van der Waals surface area contributed by atoms with E-state index in [1.165, 1.54) is 9.80 Å². The van der Waals surface area contributed by atoms with Crippen LogP contribution in [0.25, 0.3) is 31.3 Å². The van der Waals surface area contributed by atoms with E-state index in [-0.39, 0.29) is 79.9 Å². The van der Waals surface area contributed by atoms with E-state index >= 15 is 0 Å². The van der Waals surface area contributed by atoms with Gasteiger partial charge in [0.15, 0.2) is 17.3 Å². The molecule has 4 N–H and O–H groups in total. The van der Waals surface area contributed by atoms with Gasteiger partial charge in [0.05, 0.1) is 102 Å². The van der Waals surface area contributed by atoms with Gasteiger partial charge >= 0.3 is 0 Å². The number of likely N-dealkylation sites (tertiary alicyclic amines) is 3. The zero-order valence-electron chi connectivity index (χ0n) is 62.4. The van der Waals surface area contributed by atoms with Gasteiger partial charge in [-0.1, -0.05) is 143 Å². The van der Waals surface area contributed by atoms with Gasteiger partial charge < -0.3 is 49.1 Å². The van der Waals surface area contributed by atoms with Crippen molar-refractivity contribution in [3.8, 4) is 31.3 Å². The average Bonchev–Trinajstić information content (AvgIpc) is 1.63. The first kappa shape index (κ1) is 79.0. The summed E-state index contributed by atoms with van der Waals surface area (Å²) in [5, 5.41) is 49.7. The number of fused-ring (bicyclic) bond motifs is 1. The van der Waals surface area contributed by atoms with Crippen molar-refractivity contribution < 1.29 is 63.0 Å². The maximum Gasteiger partial charge on any atom is 0.255 e. The number of thiazole rings is 3. The van der Waals surface area contributed by atoms with E-state index < -0.39 is 71.7 Å². The number of hydrogen-bond donors (Lipinski definition) is 4. The number of aliphatic hydroxyl groups excluding tert-OH is 4. The van der Waals surface area contributed by atoms with Gasteiger partial charge in [0, 0.05) is 69.4 Å². The summed E-state index contributed by atoms with van der Waals surface area (Å²) < 4.78 is 10.8. The molecular formula is C82H95N9O13S3. The van der Waals surface area contributed by atoms with E-state index in [0.29, 0.717) is 73.5 Å². The van der Waals surface area contributed by atoms with Gasteiger partial charge in [0.2, 0.25) is 17.7 Å². The largest absolute Gasteiger partial charge is 0.391 e. The lowest BCUT2D eigenvalue weighted by Gasteiger charge is -2.35. The minimum atomic E-state index is -1.38. The lowest BCUT2D eigenvalue weighted by Crippen LogP contribution is -2.55. The number of carbonyl (C=O) groups excluding carboxylic acids is 7. The zero-order chi connectivity index (χ0) is 76.7. The Hall–Kier alpha value is -9.08. The highest BCUT2D eigenvalue weighted by atomic mass is 32.1. The number of carbonyl (C=O) groups is 7. The summed E-state index contributed by atoms with van der Waals surface area (Å²) in [6.45, 7) is 21.6. The highest BCUT2D eigenvalue weighted by Gasteiger charge is 2.51. The number of aromatic nitrogens is 5. The maximum atomic E-state index is 13.9. The van der Waals surface area contributed by atoms with Crippen molar-refractivity contribution in [1.82, 2.24) is 44.9 Å². The molecule has 4 amide bonds. The van der Waals surface area contributed by atoms with Crippen LogP contribution in [-0.2, 0) is 54.6 Å². The van der Waals surface area contributed by atoms with E-state index in [9.17, 15) is 54.0 Å². The summed E-state index contributed by atoms with van der Waals surface area (Å²) in [5.74, 6) is -1.74. The molecular weight excluding hydrogens is 1420 g/mol. The van der Waals surface area contributed by atoms with Crippen molar-refractivity contribution in [2.45, 2.75) is 201 Å². The maximum absolute atomic E-state index is 13.9. The third-order valence-corrected chi connectivity index (χ3v) is 23.5. The highest BCUT2D eigenvalue weighted by molar-refractivity contribution is 7.14. The summed E-state index contributed by atoms with van der Waals surface area (Å²) in [6, 6.07) is 31.9. The van der Waals surface area contributed by atoms with Gasteiger partial charge in [-0.15, -0.1) is 34.0 Å². The van der Waals surface area contributed by atoms with Crippen LogP contribution >= 0.6 is 34.0 Å². The normalized spacial score (nSPS) is 20.0. The van der Waals surface area contributed by atoms with Crippen LogP contribution in [0.5, 0.6) is 0 Å². The molecule has 22 nitrogen and oxygen atoms in total. The van der Waals surface area contributed by atoms with Crippen LogP contribution in [0.1, 0.15) is 165 Å². The first-order valence-corrected chi connectivity index (χ1v) is 39.2. The number of rotatable bonds is 23. The molecule has 13 rings (SSSR count). The van der Waals surface area contributed by atoms with Crippen molar-refractivity contribution in [2.75, 3.05) is 19.6 Å². The smallest absolute Gasteiger partial charge is 0.255 e. The summed E-state index contributed by atoms with van der Waals surface area (Å²) in [4.78, 5) is 116. The Morgan fingerprint density at radius 3 is 1.37 bits per heavy atom.